The molecule has 0 radical (unpaired) electrons. The van der Waals surface area contributed by atoms with Gasteiger partial charge >= 0.3 is 0 Å². The number of halogens is 2. The summed E-state index contributed by atoms with van der Waals surface area (Å²) in [6.45, 7) is 3.09. The van der Waals surface area contributed by atoms with Crippen LogP contribution in [0.15, 0.2) is 36.4 Å². The van der Waals surface area contributed by atoms with Gasteiger partial charge in [0.2, 0.25) is 0 Å². The summed E-state index contributed by atoms with van der Waals surface area (Å²) >= 11 is 6.08. The van der Waals surface area contributed by atoms with Crippen LogP contribution in [0.2, 0.25) is 5.02 Å². The first-order chi connectivity index (χ1) is 10.1. The molecule has 0 saturated carbocycles. The normalized spacial score (nSPS) is 14.6. The summed E-state index contributed by atoms with van der Waals surface area (Å²) < 4.78 is 24.1. The first kappa shape index (κ1) is 14.0. The predicted octanol–water partition coefficient (Wildman–Crippen LogP) is 4.42. The van der Waals surface area contributed by atoms with Gasteiger partial charge in [0.25, 0.3) is 0 Å². The first-order valence-corrected chi connectivity index (χ1v) is 7.12. The molecule has 1 aliphatic rings. The number of fused-ring (bicyclic) bond motifs is 1. The van der Waals surface area contributed by atoms with Gasteiger partial charge < -0.3 is 14.8 Å². The molecular weight excluding hydrogens is 293 g/mol. The molecule has 0 aliphatic carbocycles. The standard InChI is InChI=1S/C16H15ClFNO2/c1-10(13-4-2-11(18)8-14(13)17)19-12-3-5-15-16(9-12)21-7-6-20-15/h2-5,8-10,19H,6-7H2,1H3. The molecular formula is C16H15ClFNO2. The van der Waals surface area contributed by atoms with Crippen LogP contribution in [0.5, 0.6) is 11.5 Å². The van der Waals surface area contributed by atoms with Crippen molar-refractivity contribution < 1.29 is 13.9 Å². The fraction of sp³-hybridized carbons (Fsp3) is 0.250. The van der Waals surface area contributed by atoms with Crippen LogP contribution >= 0.6 is 11.6 Å². The summed E-state index contributed by atoms with van der Waals surface area (Å²) in [6, 6.07) is 10.0. The first-order valence-electron chi connectivity index (χ1n) is 6.74. The van der Waals surface area contributed by atoms with E-state index < -0.39 is 0 Å². The third-order valence-corrected chi connectivity index (χ3v) is 3.68. The highest BCUT2D eigenvalue weighted by molar-refractivity contribution is 6.31. The molecule has 3 nitrogen and oxygen atoms in total. The van der Waals surface area contributed by atoms with Crippen LogP contribution in [0, 0.1) is 5.82 Å². The largest absolute Gasteiger partial charge is 0.486 e. The Hall–Kier alpha value is -1.94. The quantitative estimate of drug-likeness (QED) is 0.910. The highest BCUT2D eigenvalue weighted by atomic mass is 35.5. The summed E-state index contributed by atoms with van der Waals surface area (Å²) in [5.74, 6) is 1.14. The minimum absolute atomic E-state index is 0.0549. The summed E-state index contributed by atoms with van der Waals surface area (Å²) in [7, 11) is 0. The lowest BCUT2D eigenvalue weighted by molar-refractivity contribution is 0.171. The van der Waals surface area contributed by atoms with E-state index in [1.54, 1.807) is 6.07 Å². The van der Waals surface area contributed by atoms with E-state index >= 15 is 0 Å². The van der Waals surface area contributed by atoms with E-state index in [1.807, 2.05) is 25.1 Å². The molecule has 21 heavy (non-hydrogen) atoms. The molecule has 3 rings (SSSR count). The third-order valence-electron chi connectivity index (χ3n) is 3.35. The number of anilines is 1. The zero-order valence-electron chi connectivity index (χ0n) is 11.5. The number of hydrogen-bond donors (Lipinski definition) is 1. The average molecular weight is 308 g/mol. The van der Waals surface area contributed by atoms with E-state index in [0.29, 0.717) is 18.2 Å². The fourth-order valence-electron chi connectivity index (χ4n) is 2.31. The van der Waals surface area contributed by atoms with Crippen LogP contribution in [0.25, 0.3) is 0 Å². The second-order valence-electron chi connectivity index (χ2n) is 4.89. The summed E-state index contributed by atoms with van der Waals surface area (Å²) in [5, 5.41) is 3.74. The molecule has 1 heterocycles. The maximum atomic E-state index is 13.1. The van der Waals surface area contributed by atoms with Crippen molar-refractivity contribution in [1.82, 2.24) is 0 Å². The Morgan fingerprint density at radius 3 is 2.62 bits per heavy atom. The second-order valence-corrected chi connectivity index (χ2v) is 5.30. The zero-order valence-corrected chi connectivity index (χ0v) is 12.3. The monoisotopic (exact) mass is 307 g/mol. The van der Waals surface area contributed by atoms with E-state index in [1.165, 1.54) is 12.1 Å². The number of ether oxygens (including phenoxy) is 2. The summed E-state index contributed by atoms with van der Waals surface area (Å²) in [6.07, 6.45) is 0. The van der Waals surface area contributed by atoms with E-state index in [2.05, 4.69) is 5.32 Å². The molecule has 0 amide bonds. The lowest BCUT2D eigenvalue weighted by atomic mass is 10.1. The second kappa shape index (κ2) is 5.82. The van der Waals surface area contributed by atoms with E-state index in [-0.39, 0.29) is 11.9 Å². The van der Waals surface area contributed by atoms with Crippen LogP contribution < -0.4 is 14.8 Å². The molecule has 0 bridgehead atoms. The van der Waals surface area contributed by atoms with Crippen LogP contribution in [0.4, 0.5) is 10.1 Å². The van der Waals surface area contributed by atoms with E-state index in [4.69, 9.17) is 21.1 Å². The molecule has 1 N–H and O–H groups in total. The van der Waals surface area contributed by atoms with Gasteiger partial charge in [0.15, 0.2) is 11.5 Å². The number of rotatable bonds is 3. The highest BCUT2D eigenvalue weighted by Crippen LogP contribution is 2.34. The number of hydrogen-bond acceptors (Lipinski definition) is 3. The highest BCUT2D eigenvalue weighted by Gasteiger charge is 2.14. The third kappa shape index (κ3) is 3.05. The predicted molar refractivity (Wildman–Crippen MR) is 80.9 cm³/mol. The Morgan fingerprint density at radius 1 is 1.10 bits per heavy atom. The van der Waals surface area contributed by atoms with Crippen LogP contribution in [-0.2, 0) is 0 Å². The molecule has 0 fully saturated rings. The minimum Gasteiger partial charge on any atom is -0.486 e. The smallest absolute Gasteiger partial charge is 0.163 e. The van der Waals surface area contributed by atoms with Crippen LogP contribution in [-0.4, -0.2) is 13.2 Å². The lowest BCUT2D eigenvalue weighted by Crippen LogP contribution is -2.15. The van der Waals surface area contributed by atoms with Gasteiger partial charge in [0.1, 0.15) is 19.0 Å². The van der Waals surface area contributed by atoms with E-state index in [0.717, 1.165) is 22.7 Å². The number of nitrogens with one attached hydrogen (secondary N) is 1. The maximum Gasteiger partial charge on any atom is 0.163 e. The van der Waals surface area contributed by atoms with Gasteiger partial charge in [0, 0.05) is 22.8 Å². The van der Waals surface area contributed by atoms with Gasteiger partial charge in [0.05, 0.1) is 0 Å². The van der Waals surface area contributed by atoms with Gasteiger partial charge in [-0.3, -0.25) is 0 Å². The molecule has 0 saturated heterocycles. The Balaban J connectivity index is 1.79. The molecule has 1 atom stereocenters. The Morgan fingerprint density at radius 2 is 1.86 bits per heavy atom. The molecule has 5 heteroatoms. The molecule has 1 unspecified atom stereocenters. The molecule has 110 valence electrons. The topological polar surface area (TPSA) is 30.5 Å². The maximum absolute atomic E-state index is 13.1. The van der Waals surface area contributed by atoms with Gasteiger partial charge in [-0.1, -0.05) is 17.7 Å². The van der Waals surface area contributed by atoms with Crippen molar-refractivity contribution in [3.05, 3.63) is 52.8 Å². The fourth-order valence-corrected chi connectivity index (χ4v) is 2.64. The van der Waals surface area contributed by atoms with Crippen molar-refractivity contribution in [3.8, 4) is 11.5 Å². The Labute approximate surface area is 127 Å². The van der Waals surface area contributed by atoms with Gasteiger partial charge in [-0.15, -0.1) is 0 Å². The SMILES string of the molecule is CC(Nc1ccc2c(c1)OCCO2)c1ccc(F)cc1Cl. The number of benzene rings is 2. The molecule has 2 aromatic rings. The van der Waals surface area contributed by atoms with Crippen molar-refractivity contribution in [2.45, 2.75) is 13.0 Å². The van der Waals surface area contributed by atoms with Crippen molar-refractivity contribution in [2.75, 3.05) is 18.5 Å². The van der Waals surface area contributed by atoms with Crippen molar-refractivity contribution >= 4 is 17.3 Å². The molecule has 0 spiro atoms. The Bertz CT molecular complexity index is 663. The van der Waals surface area contributed by atoms with Crippen LogP contribution in [0.3, 0.4) is 0 Å². The van der Waals surface area contributed by atoms with Crippen LogP contribution in [0.1, 0.15) is 18.5 Å². The summed E-state index contributed by atoms with van der Waals surface area (Å²) in [4.78, 5) is 0. The van der Waals surface area contributed by atoms with Crippen molar-refractivity contribution in [2.24, 2.45) is 0 Å². The van der Waals surface area contributed by atoms with Gasteiger partial charge in [-0.25, -0.2) is 4.39 Å². The summed E-state index contributed by atoms with van der Waals surface area (Å²) in [5.41, 5.74) is 1.74. The van der Waals surface area contributed by atoms with Gasteiger partial charge in [-0.05, 0) is 36.8 Å². The molecule has 2 aromatic carbocycles. The lowest BCUT2D eigenvalue weighted by Gasteiger charge is -2.21. The average Bonchev–Trinajstić information content (AvgIpc) is 2.47. The minimum atomic E-state index is -0.338. The molecule has 1 aliphatic heterocycles. The Kier molecular flexibility index (Phi) is 3.88. The van der Waals surface area contributed by atoms with Crippen molar-refractivity contribution in [1.29, 1.82) is 0 Å². The molecule has 0 aromatic heterocycles. The zero-order chi connectivity index (χ0) is 14.8. The van der Waals surface area contributed by atoms with Gasteiger partial charge in [-0.2, -0.15) is 0 Å². The van der Waals surface area contributed by atoms with E-state index in [9.17, 15) is 4.39 Å². The van der Waals surface area contributed by atoms with Crippen molar-refractivity contribution in [3.63, 3.8) is 0 Å².